The lowest BCUT2D eigenvalue weighted by Crippen LogP contribution is -2.22. The van der Waals surface area contributed by atoms with E-state index in [9.17, 15) is 4.79 Å². The van der Waals surface area contributed by atoms with Gasteiger partial charge in [-0.05, 0) is 37.1 Å². The van der Waals surface area contributed by atoms with Crippen molar-refractivity contribution in [3.8, 4) is 0 Å². The Balaban J connectivity index is 1.80. The second-order valence-electron chi connectivity index (χ2n) is 4.94. The van der Waals surface area contributed by atoms with Crippen molar-refractivity contribution in [3.05, 3.63) is 35.3 Å². The number of carboxylic acid groups (broad SMARTS) is 1. The van der Waals surface area contributed by atoms with E-state index in [0.29, 0.717) is 10.8 Å². The molecule has 1 amide bonds. The summed E-state index contributed by atoms with van der Waals surface area (Å²) in [5.41, 5.74) is 8.38. The van der Waals surface area contributed by atoms with E-state index in [1.807, 2.05) is 17.5 Å². The smallest absolute Gasteiger partial charge is 0.409 e. The predicted molar refractivity (Wildman–Crippen MR) is 83.9 cm³/mol. The van der Waals surface area contributed by atoms with Crippen molar-refractivity contribution < 1.29 is 9.90 Å². The van der Waals surface area contributed by atoms with Gasteiger partial charge in [-0.15, -0.1) is 11.3 Å². The topological polar surface area (TPSA) is 91.5 Å². The van der Waals surface area contributed by atoms with Crippen LogP contribution in [0.3, 0.4) is 0 Å². The number of hydrogen-bond acceptors (Lipinski definition) is 5. The molecule has 0 radical (unpaired) electrons. The van der Waals surface area contributed by atoms with Gasteiger partial charge in [0.1, 0.15) is 0 Å². The average Bonchev–Trinajstić information content (AvgIpc) is 3.07. The molecule has 3 rings (SSSR count). The molecule has 6 nitrogen and oxygen atoms in total. The number of anilines is 3. The quantitative estimate of drug-likeness (QED) is 0.810. The van der Waals surface area contributed by atoms with Gasteiger partial charge in [0.15, 0.2) is 5.13 Å². The van der Waals surface area contributed by atoms with Gasteiger partial charge in [-0.2, -0.15) is 0 Å². The lowest BCUT2D eigenvalue weighted by atomic mass is 10.1. The Morgan fingerprint density at radius 3 is 2.81 bits per heavy atom. The number of aromatic nitrogens is 1. The highest BCUT2D eigenvalue weighted by molar-refractivity contribution is 7.13. The van der Waals surface area contributed by atoms with Crippen LogP contribution in [-0.2, 0) is 0 Å². The molecule has 1 fully saturated rings. The summed E-state index contributed by atoms with van der Waals surface area (Å²) in [6.07, 6.45) is 1.11. The number of rotatable bonds is 3. The predicted octanol–water partition coefficient (Wildman–Crippen LogP) is 3.16. The van der Waals surface area contributed by atoms with Gasteiger partial charge in [0, 0.05) is 23.3 Å². The Hall–Kier alpha value is -2.28. The summed E-state index contributed by atoms with van der Waals surface area (Å²) in [4.78, 5) is 17.3. The minimum atomic E-state index is -1.06. The highest BCUT2D eigenvalue weighted by Crippen LogP contribution is 2.37. The Labute approximate surface area is 126 Å². The summed E-state index contributed by atoms with van der Waals surface area (Å²) in [7, 11) is 0. The summed E-state index contributed by atoms with van der Waals surface area (Å²) < 4.78 is 0. The van der Waals surface area contributed by atoms with Crippen molar-refractivity contribution in [2.24, 2.45) is 0 Å². The minimum Gasteiger partial charge on any atom is -0.465 e. The molecule has 1 aliphatic rings. The summed E-state index contributed by atoms with van der Waals surface area (Å²) in [6.45, 7) is 0.966. The fourth-order valence-corrected chi connectivity index (χ4v) is 3.31. The number of hydrogen-bond donors (Lipinski definition) is 3. The molecule has 2 aromatic rings. The van der Waals surface area contributed by atoms with Crippen LogP contribution in [0.25, 0.3) is 0 Å². The summed E-state index contributed by atoms with van der Waals surface area (Å²) >= 11 is 1.46. The number of benzene rings is 1. The molecule has 0 spiro atoms. The molecule has 1 aromatic carbocycles. The Bertz CT molecular complexity index is 641. The number of nitrogens with two attached hydrogens (primary N) is 1. The highest BCUT2D eigenvalue weighted by Gasteiger charge is 2.28. The first-order valence-corrected chi connectivity index (χ1v) is 7.59. The largest absolute Gasteiger partial charge is 0.465 e. The van der Waals surface area contributed by atoms with Crippen molar-refractivity contribution in [1.82, 2.24) is 4.98 Å². The van der Waals surface area contributed by atoms with E-state index in [2.05, 4.69) is 15.2 Å². The highest BCUT2D eigenvalue weighted by atomic mass is 32.1. The van der Waals surface area contributed by atoms with Crippen LogP contribution in [0.5, 0.6) is 0 Å². The molecule has 110 valence electrons. The second kappa shape index (κ2) is 5.61. The van der Waals surface area contributed by atoms with Gasteiger partial charge in [0.05, 0.1) is 11.7 Å². The third-order valence-corrected chi connectivity index (χ3v) is 4.28. The van der Waals surface area contributed by atoms with E-state index in [4.69, 9.17) is 10.8 Å². The first-order valence-electron chi connectivity index (χ1n) is 6.71. The normalized spacial score (nSPS) is 17.9. The first kappa shape index (κ1) is 13.7. The summed E-state index contributed by atoms with van der Waals surface area (Å²) in [6, 6.07) is 7.65. The molecule has 1 saturated heterocycles. The van der Waals surface area contributed by atoms with Crippen LogP contribution in [0.15, 0.2) is 29.6 Å². The van der Waals surface area contributed by atoms with Crippen molar-refractivity contribution in [2.45, 2.75) is 18.9 Å². The van der Waals surface area contributed by atoms with Gasteiger partial charge in [0.2, 0.25) is 0 Å². The van der Waals surface area contributed by atoms with Crippen LogP contribution >= 0.6 is 11.3 Å². The van der Waals surface area contributed by atoms with E-state index in [-0.39, 0.29) is 6.04 Å². The molecule has 0 saturated carbocycles. The third kappa shape index (κ3) is 2.92. The summed E-state index contributed by atoms with van der Waals surface area (Å²) in [5, 5.41) is 13.6. The monoisotopic (exact) mass is 304 g/mol. The maximum atomic E-state index is 10.6. The van der Waals surface area contributed by atoms with E-state index in [1.54, 1.807) is 12.1 Å². The van der Waals surface area contributed by atoms with Gasteiger partial charge in [-0.3, -0.25) is 5.32 Å². The molecule has 7 heteroatoms. The molecule has 21 heavy (non-hydrogen) atoms. The van der Waals surface area contributed by atoms with Crippen molar-refractivity contribution in [2.75, 3.05) is 22.5 Å². The van der Waals surface area contributed by atoms with Gasteiger partial charge >= 0.3 is 6.09 Å². The maximum absolute atomic E-state index is 10.6. The molecule has 1 aromatic heterocycles. The van der Waals surface area contributed by atoms with E-state index in [0.717, 1.165) is 30.8 Å². The number of amides is 1. The Morgan fingerprint density at radius 1 is 1.43 bits per heavy atom. The van der Waals surface area contributed by atoms with E-state index in [1.165, 1.54) is 11.3 Å². The van der Waals surface area contributed by atoms with Crippen molar-refractivity contribution >= 4 is 33.9 Å². The van der Waals surface area contributed by atoms with Crippen molar-refractivity contribution in [3.63, 3.8) is 0 Å². The van der Waals surface area contributed by atoms with Crippen LogP contribution < -0.4 is 16.0 Å². The standard InChI is InChI=1S/C14H16N4O2S/c15-13-17-11(8-21-13)12-2-1-7-18(12)10-5-3-9(4-6-10)16-14(19)20/h3-6,8,12,16H,1-2,7H2,(H2,15,17)(H,19,20)/t12-/m1/s1. The zero-order chi connectivity index (χ0) is 14.8. The molecule has 4 N–H and O–H groups in total. The fraction of sp³-hybridized carbons (Fsp3) is 0.286. The molecule has 0 unspecified atom stereocenters. The van der Waals surface area contributed by atoms with Gasteiger partial charge in [0.25, 0.3) is 0 Å². The second-order valence-corrected chi connectivity index (χ2v) is 5.83. The molecule has 1 aliphatic heterocycles. The van der Waals surface area contributed by atoms with Crippen molar-refractivity contribution in [1.29, 1.82) is 0 Å². The van der Waals surface area contributed by atoms with Gasteiger partial charge < -0.3 is 15.7 Å². The number of nitrogens with zero attached hydrogens (tertiary/aromatic N) is 2. The average molecular weight is 304 g/mol. The SMILES string of the molecule is Nc1nc([C@H]2CCCN2c2ccc(NC(=O)O)cc2)cs1. The molecule has 0 aliphatic carbocycles. The third-order valence-electron chi connectivity index (χ3n) is 3.58. The molecule has 0 bridgehead atoms. The van der Waals surface area contributed by atoms with E-state index >= 15 is 0 Å². The van der Waals surface area contributed by atoms with E-state index < -0.39 is 6.09 Å². The minimum absolute atomic E-state index is 0.247. The first-order chi connectivity index (χ1) is 10.1. The number of nitrogens with one attached hydrogen (secondary N) is 1. The number of thiazole rings is 1. The lowest BCUT2D eigenvalue weighted by Gasteiger charge is -2.25. The van der Waals surface area contributed by atoms with Crippen LogP contribution in [0, 0.1) is 0 Å². The molecule has 1 atom stereocenters. The molecule has 2 heterocycles. The zero-order valence-electron chi connectivity index (χ0n) is 11.3. The molecular weight excluding hydrogens is 288 g/mol. The number of carbonyl (C=O) groups is 1. The van der Waals surface area contributed by atoms with Crippen LogP contribution in [-0.4, -0.2) is 22.7 Å². The Morgan fingerprint density at radius 2 is 2.19 bits per heavy atom. The number of nitrogen functional groups attached to an aromatic ring is 1. The van der Waals surface area contributed by atoms with Crippen LogP contribution in [0.1, 0.15) is 24.6 Å². The van der Waals surface area contributed by atoms with Gasteiger partial charge in [-0.25, -0.2) is 9.78 Å². The zero-order valence-corrected chi connectivity index (χ0v) is 12.1. The van der Waals surface area contributed by atoms with Crippen LogP contribution in [0.4, 0.5) is 21.3 Å². The lowest BCUT2D eigenvalue weighted by molar-refractivity contribution is 0.210. The Kier molecular flexibility index (Phi) is 3.66. The van der Waals surface area contributed by atoms with Crippen LogP contribution in [0.2, 0.25) is 0 Å². The fourth-order valence-electron chi connectivity index (χ4n) is 2.70. The summed E-state index contributed by atoms with van der Waals surface area (Å²) in [5.74, 6) is 0. The van der Waals surface area contributed by atoms with Gasteiger partial charge in [-0.1, -0.05) is 0 Å². The maximum Gasteiger partial charge on any atom is 0.409 e. The molecular formula is C14H16N4O2S.